The smallest absolute Gasteiger partial charge is 0.290 e. The van der Waals surface area contributed by atoms with Crippen LogP contribution in [0.3, 0.4) is 0 Å². The minimum atomic E-state index is -0.433. The molecule has 1 aromatic carbocycles. The molecule has 0 saturated carbocycles. The average molecular weight is 665 g/mol. The Balaban J connectivity index is 0.00000167. The maximum atomic E-state index is 15.1. The number of carboxylic acid groups (broad SMARTS) is 1. The van der Waals surface area contributed by atoms with Crippen molar-refractivity contribution in [3.05, 3.63) is 74.6 Å². The maximum Gasteiger partial charge on any atom is 0.290 e. The topological polar surface area (TPSA) is 131 Å². The molecule has 48 heavy (non-hydrogen) atoms. The fourth-order valence-electron chi connectivity index (χ4n) is 6.60. The average Bonchev–Trinajstić information content (AvgIpc) is 3.08. The van der Waals surface area contributed by atoms with Crippen molar-refractivity contribution < 1.29 is 23.8 Å². The molecule has 4 heterocycles. The third-order valence-electron chi connectivity index (χ3n) is 9.28. The van der Waals surface area contributed by atoms with Crippen LogP contribution in [0.15, 0.2) is 35.3 Å². The van der Waals surface area contributed by atoms with E-state index in [2.05, 4.69) is 57.2 Å². The second-order valence-corrected chi connectivity index (χ2v) is 12.7. The van der Waals surface area contributed by atoms with Gasteiger partial charge in [-0.1, -0.05) is 13.8 Å². The fourth-order valence-corrected chi connectivity index (χ4v) is 6.60. The first-order valence-electron chi connectivity index (χ1n) is 16.7. The summed E-state index contributed by atoms with van der Waals surface area (Å²) in [5.41, 5.74) is 4.60. The standard InChI is InChI=1S/C35H47FN6O3.CH2O2/c1-7-42(27-10-16-45-17-11-27)30-19-26(25-8-9-31(37-20-25)41-14-12-40(6)13-15-41)18-28(23(30)4)34(43)38-21-29-32(22(2)3)33(36)24(5)39-35(29)44;2-1-3/h8-9,18-20,22,27H,7,10-17,21H2,1-6H3,(H,38,43)(H,39,44);1H,(H,2,3). The summed E-state index contributed by atoms with van der Waals surface area (Å²) in [6, 6.07) is 8.50. The highest BCUT2D eigenvalue weighted by atomic mass is 19.1. The van der Waals surface area contributed by atoms with Crippen LogP contribution in [0.25, 0.3) is 11.1 Å². The third-order valence-corrected chi connectivity index (χ3v) is 9.28. The fraction of sp³-hybridized carbons (Fsp3) is 0.500. The first kappa shape index (κ1) is 36.5. The van der Waals surface area contributed by atoms with Gasteiger partial charge in [0, 0.05) is 92.7 Å². The highest BCUT2D eigenvalue weighted by Crippen LogP contribution is 2.34. The van der Waals surface area contributed by atoms with Gasteiger partial charge in [0.2, 0.25) is 0 Å². The minimum Gasteiger partial charge on any atom is -0.483 e. The number of benzene rings is 1. The first-order chi connectivity index (χ1) is 23.0. The molecular weight excluding hydrogens is 615 g/mol. The molecule has 2 aromatic heterocycles. The Morgan fingerprint density at radius 3 is 2.42 bits per heavy atom. The van der Waals surface area contributed by atoms with Crippen LogP contribution in [-0.2, 0) is 16.1 Å². The van der Waals surface area contributed by atoms with Gasteiger partial charge in [-0.3, -0.25) is 14.4 Å². The number of aryl methyl sites for hydroxylation is 1. The predicted octanol–water partition coefficient (Wildman–Crippen LogP) is 4.70. The molecule has 5 rings (SSSR count). The van der Waals surface area contributed by atoms with Crippen molar-refractivity contribution in [1.29, 1.82) is 0 Å². The van der Waals surface area contributed by atoms with E-state index >= 15 is 4.39 Å². The summed E-state index contributed by atoms with van der Waals surface area (Å²) >= 11 is 0. The van der Waals surface area contributed by atoms with E-state index in [1.165, 1.54) is 0 Å². The lowest BCUT2D eigenvalue weighted by molar-refractivity contribution is -0.122. The summed E-state index contributed by atoms with van der Waals surface area (Å²) < 4.78 is 20.7. The van der Waals surface area contributed by atoms with Crippen LogP contribution in [0.4, 0.5) is 15.9 Å². The number of amides is 1. The number of halogens is 1. The summed E-state index contributed by atoms with van der Waals surface area (Å²) in [7, 11) is 2.14. The Morgan fingerprint density at radius 1 is 1.17 bits per heavy atom. The summed E-state index contributed by atoms with van der Waals surface area (Å²) in [6.45, 7) is 15.1. The van der Waals surface area contributed by atoms with Gasteiger partial charge in [-0.05, 0) is 82.0 Å². The predicted molar refractivity (Wildman–Crippen MR) is 187 cm³/mol. The number of aromatic nitrogens is 2. The molecule has 2 saturated heterocycles. The van der Waals surface area contributed by atoms with E-state index in [4.69, 9.17) is 19.6 Å². The highest BCUT2D eigenvalue weighted by molar-refractivity contribution is 5.99. The van der Waals surface area contributed by atoms with E-state index in [1.807, 2.05) is 33.0 Å². The molecule has 11 nitrogen and oxygen atoms in total. The van der Waals surface area contributed by atoms with E-state index in [0.717, 1.165) is 73.8 Å². The summed E-state index contributed by atoms with van der Waals surface area (Å²) in [6.07, 6.45) is 3.72. The van der Waals surface area contributed by atoms with Crippen LogP contribution in [0, 0.1) is 19.7 Å². The maximum absolute atomic E-state index is 15.1. The summed E-state index contributed by atoms with van der Waals surface area (Å²) in [4.78, 5) is 49.6. The molecule has 0 bridgehead atoms. The van der Waals surface area contributed by atoms with Crippen molar-refractivity contribution in [3.63, 3.8) is 0 Å². The van der Waals surface area contributed by atoms with Crippen molar-refractivity contribution in [2.75, 3.05) is 62.8 Å². The SMILES string of the molecule is CCN(c1cc(-c2ccc(N3CCN(C)CC3)nc2)cc(C(=O)NCc2c(C(C)C)c(F)c(C)[nH]c2=O)c1C)C1CCOCC1.O=CO. The number of hydrogen-bond donors (Lipinski definition) is 3. The van der Waals surface area contributed by atoms with Gasteiger partial charge < -0.3 is 34.8 Å². The number of carbonyl (C=O) groups is 2. The molecule has 0 unspecified atom stereocenters. The quantitative estimate of drug-likeness (QED) is 0.279. The Kier molecular flexibility index (Phi) is 12.7. The Hall–Kier alpha value is -4.29. The number of piperazine rings is 1. The van der Waals surface area contributed by atoms with Gasteiger partial charge in [-0.15, -0.1) is 0 Å². The lowest BCUT2D eigenvalue weighted by Crippen LogP contribution is -2.44. The molecule has 0 spiro atoms. The van der Waals surface area contributed by atoms with Crippen molar-refractivity contribution in [3.8, 4) is 11.1 Å². The largest absolute Gasteiger partial charge is 0.483 e. The van der Waals surface area contributed by atoms with Crippen molar-refractivity contribution in [2.45, 2.75) is 66.0 Å². The number of likely N-dealkylation sites (N-methyl/N-ethyl adjacent to an activating group) is 1. The van der Waals surface area contributed by atoms with Gasteiger partial charge in [-0.2, -0.15) is 0 Å². The first-order valence-corrected chi connectivity index (χ1v) is 16.7. The minimum absolute atomic E-state index is 0.0728. The van der Waals surface area contributed by atoms with Crippen molar-refractivity contribution >= 4 is 23.9 Å². The van der Waals surface area contributed by atoms with Gasteiger partial charge in [-0.25, -0.2) is 9.37 Å². The number of carbonyl (C=O) groups excluding carboxylic acids is 1. The van der Waals surface area contributed by atoms with Gasteiger partial charge in [0.15, 0.2) is 0 Å². The lowest BCUT2D eigenvalue weighted by Gasteiger charge is -2.37. The van der Waals surface area contributed by atoms with Gasteiger partial charge in [0.05, 0.1) is 5.69 Å². The molecule has 12 heteroatoms. The normalized spacial score (nSPS) is 15.5. The molecule has 2 fully saturated rings. The molecule has 2 aliphatic heterocycles. The third kappa shape index (κ3) is 8.40. The lowest BCUT2D eigenvalue weighted by atomic mass is 9.95. The second-order valence-electron chi connectivity index (χ2n) is 12.7. The van der Waals surface area contributed by atoms with Gasteiger partial charge in [0.25, 0.3) is 17.9 Å². The number of hydrogen-bond acceptors (Lipinski definition) is 8. The molecule has 0 atom stereocenters. The molecule has 3 aromatic rings. The molecular formula is C36H49FN6O5. The van der Waals surface area contributed by atoms with Crippen molar-refractivity contribution in [1.82, 2.24) is 20.2 Å². The summed E-state index contributed by atoms with van der Waals surface area (Å²) in [5, 5.41) is 9.84. The van der Waals surface area contributed by atoms with Crippen LogP contribution in [0.2, 0.25) is 0 Å². The van der Waals surface area contributed by atoms with Crippen LogP contribution < -0.4 is 20.7 Å². The number of anilines is 2. The highest BCUT2D eigenvalue weighted by Gasteiger charge is 2.26. The van der Waals surface area contributed by atoms with Crippen LogP contribution in [0.5, 0.6) is 0 Å². The van der Waals surface area contributed by atoms with Crippen LogP contribution in [0.1, 0.15) is 72.3 Å². The molecule has 3 N–H and O–H groups in total. The van der Waals surface area contributed by atoms with E-state index in [9.17, 15) is 9.59 Å². The number of ether oxygens (including phenoxy) is 1. The molecule has 2 aliphatic rings. The second kappa shape index (κ2) is 16.7. The number of nitrogens with one attached hydrogen (secondary N) is 2. The van der Waals surface area contributed by atoms with E-state index < -0.39 is 5.82 Å². The molecule has 260 valence electrons. The number of rotatable bonds is 9. The zero-order chi connectivity index (χ0) is 35.0. The number of aromatic amines is 1. The summed E-state index contributed by atoms with van der Waals surface area (Å²) in [5.74, 6) is -0.00728. The zero-order valence-electron chi connectivity index (χ0n) is 28.9. The molecule has 0 aliphatic carbocycles. The molecule has 1 amide bonds. The van der Waals surface area contributed by atoms with E-state index in [0.29, 0.717) is 30.4 Å². The Labute approximate surface area is 282 Å². The molecule has 0 radical (unpaired) electrons. The van der Waals surface area contributed by atoms with E-state index in [-0.39, 0.29) is 41.7 Å². The van der Waals surface area contributed by atoms with Gasteiger partial charge in [0.1, 0.15) is 11.6 Å². The number of pyridine rings is 2. The zero-order valence-corrected chi connectivity index (χ0v) is 28.9. The Morgan fingerprint density at radius 2 is 1.83 bits per heavy atom. The van der Waals surface area contributed by atoms with Crippen LogP contribution >= 0.6 is 0 Å². The number of H-pyrrole nitrogens is 1. The Bertz CT molecular complexity index is 1610. The van der Waals surface area contributed by atoms with E-state index in [1.54, 1.807) is 6.92 Å². The van der Waals surface area contributed by atoms with Gasteiger partial charge >= 0.3 is 0 Å². The van der Waals surface area contributed by atoms with Crippen molar-refractivity contribution in [2.24, 2.45) is 0 Å². The monoisotopic (exact) mass is 664 g/mol. The van der Waals surface area contributed by atoms with Crippen LogP contribution in [-0.4, -0.2) is 91.4 Å². The number of nitrogens with zero attached hydrogens (tertiary/aromatic N) is 4.